The van der Waals surface area contributed by atoms with Crippen LogP contribution in [0.25, 0.3) is 11.0 Å². The molecule has 3 heterocycles. The predicted octanol–water partition coefficient (Wildman–Crippen LogP) is 3.90. The number of nitrogens with zero attached hydrogens (tertiary/aromatic N) is 5. The number of hydrogen-bond acceptors (Lipinski definition) is 8. The Kier molecular flexibility index (Phi) is 6.11. The van der Waals surface area contributed by atoms with E-state index < -0.39 is 5.97 Å². The number of carbonyl (C=O) groups is 2. The Labute approximate surface area is 195 Å². The van der Waals surface area contributed by atoms with E-state index in [0.717, 1.165) is 11.1 Å². The molecule has 1 atom stereocenters. The first-order valence-corrected chi connectivity index (χ1v) is 10.8. The highest BCUT2D eigenvalue weighted by Crippen LogP contribution is 2.31. The number of aromatic carboxylic acids is 1. The molecule has 4 rings (SSSR count). The molecule has 1 fully saturated rings. The van der Waals surface area contributed by atoms with E-state index in [0.29, 0.717) is 48.5 Å². The fourth-order valence-electron chi connectivity index (χ4n) is 3.94. The number of carbonyl (C=O) groups excluding carboxylic acids is 1. The van der Waals surface area contributed by atoms with Crippen molar-refractivity contribution in [3.05, 3.63) is 51.9 Å². The lowest BCUT2D eigenvalue weighted by Gasteiger charge is -2.28. The number of benzene rings is 1. The molecule has 2 N–H and O–H groups in total. The van der Waals surface area contributed by atoms with Gasteiger partial charge in [-0.25, -0.2) is 19.7 Å². The summed E-state index contributed by atoms with van der Waals surface area (Å²) in [4.78, 5) is 38.5. The van der Waals surface area contributed by atoms with Crippen molar-refractivity contribution in [2.45, 2.75) is 32.7 Å². The van der Waals surface area contributed by atoms with Crippen molar-refractivity contribution < 1.29 is 14.7 Å². The maximum Gasteiger partial charge on any atom is 0.356 e. The van der Waals surface area contributed by atoms with Crippen molar-refractivity contribution in [1.82, 2.24) is 15.0 Å². The normalized spacial score (nSPS) is 14.7. The maximum absolute atomic E-state index is 11.7. The monoisotopic (exact) mass is 464 g/mol. The number of ketones is 1. The number of halogens is 1. The molecule has 0 saturated carbocycles. The SMILES string of the molecule is Cc1cc([C@@H](C)Nc2ccc(Cl)nc2C(=O)O)c2nc(N3CCC(=O)CC3)c(C#N)nc2c1. The zero-order chi connectivity index (χ0) is 23.7. The minimum absolute atomic E-state index is 0.0890. The molecule has 10 heteroatoms. The van der Waals surface area contributed by atoms with Gasteiger partial charge >= 0.3 is 5.97 Å². The van der Waals surface area contributed by atoms with Crippen LogP contribution >= 0.6 is 11.6 Å². The van der Waals surface area contributed by atoms with Crippen molar-refractivity contribution in [3.8, 4) is 6.07 Å². The van der Waals surface area contributed by atoms with Crippen LogP contribution in [0, 0.1) is 18.3 Å². The van der Waals surface area contributed by atoms with E-state index in [1.54, 1.807) is 6.07 Å². The van der Waals surface area contributed by atoms with Crippen LogP contribution in [0.1, 0.15) is 53.1 Å². The van der Waals surface area contributed by atoms with E-state index in [4.69, 9.17) is 16.6 Å². The number of anilines is 2. The van der Waals surface area contributed by atoms with Crippen LogP contribution in [0.3, 0.4) is 0 Å². The summed E-state index contributed by atoms with van der Waals surface area (Å²) >= 11 is 5.87. The summed E-state index contributed by atoms with van der Waals surface area (Å²) in [5, 5.41) is 22.5. The molecule has 0 radical (unpaired) electrons. The smallest absolute Gasteiger partial charge is 0.356 e. The number of aryl methyl sites for hydroxylation is 1. The number of pyridine rings is 1. The first-order chi connectivity index (χ1) is 15.8. The summed E-state index contributed by atoms with van der Waals surface area (Å²) in [6.07, 6.45) is 0.815. The summed E-state index contributed by atoms with van der Waals surface area (Å²) in [5.41, 5.74) is 3.25. The van der Waals surface area contributed by atoms with Gasteiger partial charge in [-0.05, 0) is 37.6 Å². The Bertz CT molecular complexity index is 1310. The summed E-state index contributed by atoms with van der Waals surface area (Å²) in [6, 6.07) is 8.67. The number of hydrogen-bond donors (Lipinski definition) is 2. The third-order valence-electron chi connectivity index (χ3n) is 5.55. The standard InChI is InChI=1S/C23H21ClN6O3/c1-12-9-15(13(2)26-16-3-4-19(24)28-21(16)23(32)33)20-17(10-12)27-18(11-25)22(29-20)30-7-5-14(31)6-8-30/h3-4,9-10,13,26H,5-8H2,1-2H3,(H,32,33)/t13-/m1/s1. The number of carboxylic acid groups (broad SMARTS) is 1. The maximum atomic E-state index is 11.7. The van der Waals surface area contributed by atoms with Gasteiger partial charge in [-0.15, -0.1) is 0 Å². The van der Waals surface area contributed by atoms with Gasteiger partial charge in [0.2, 0.25) is 0 Å². The minimum Gasteiger partial charge on any atom is -0.476 e. The molecule has 0 aliphatic carbocycles. The third kappa shape index (κ3) is 4.56. The lowest BCUT2D eigenvalue weighted by atomic mass is 10.0. The van der Waals surface area contributed by atoms with E-state index in [-0.39, 0.29) is 28.4 Å². The van der Waals surface area contributed by atoms with Gasteiger partial charge < -0.3 is 15.3 Å². The zero-order valence-electron chi connectivity index (χ0n) is 18.1. The fraction of sp³-hybridized carbons (Fsp3) is 0.304. The number of carboxylic acids is 1. The van der Waals surface area contributed by atoms with Gasteiger partial charge in [0.25, 0.3) is 0 Å². The molecule has 33 heavy (non-hydrogen) atoms. The van der Waals surface area contributed by atoms with Crippen molar-refractivity contribution in [2.75, 3.05) is 23.3 Å². The molecule has 2 aromatic heterocycles. The largest absolute Gasteiger partial charge is 0.476 e. The second kappa shape index (κ2) is 9.00. The van der Waals surface area contributed by atoms with Gasteiger partial charge in [-0.3, -0.25) is 4.79 Å². The van der Waals surface area contributed by atoms with Crippen LogP contribution in [-0.2, 0) is 4.79 Å². The number of piperidine rings is 1. The second-order valence-electron chi connectivity index (χ2n) is 7.96. The molecular weight excluding hydrogens is 444 g/mol. The van der Waals surface area contributed by atoms with Gasteiger partial charge in [0.15, 0.2) is 17.2 Å². The van der Waals surface area contributed by atoms with Gasteiger partial charge in [0.1, 0.15) is 17.0 Å². The molecule has 1 aliphatic rings. The summed E-state index contributed by atoms with van der Waals surface area (Å²) in [6.45, 7) is 4.77. The van der Waals surface area contributed by atoms with Crippen LogP contribution in [0.15, 0.2) is 24.3 Å². The number of nitrogens with one attached hydrogen (secondary N) is 1. The number of rotatable bonds is 5. The Hall–Kier alpha value is -3.77. The highest BCUT2D eigenvalue weighted by Gasteiger charge is 2.24. The topological polar surface area (TPSA) is 132 Å². The Morgan fingerprint density at radius 3 is 2.64 bits per heavy atom. The first-order valence-electron chi connectivity index (χ1n) is 10.4. The molecule has 0 unspecified atom stereocenters. The molecule has 0 amide bonds. The average Bonchev–Trinajstić information content (AvgIpc) is 2.79. The second-order valence-corrected chi connectivity index (χ2v) is 8.34. The van der Waals surface area contributed by atoms with E-state index in [2.05, 4.69) is 21.4 Å². The fourth-order valence-corrected chi connectivity index (χ4v) is 4.09. The van der Waals surface area contributed by atoms with E-state index >= 15 is 0 Å². The molecule has 0 bridgehead atoms. The molecule has 168 valence electrons. The zero-order valence-corrected chi connectivity index (χ0v) is 18.8. The summed E-state index contributed by atoms with van der Waals surface area (Å²) in [5.74, 6) is -0.547. The summed E-state index contributed by atoms with van der Waals surface area (Å²) < 4.78 is 0. The highest BCUT2D eigenvalue weighted by molar-refractivity contribution is 6.29. The van der Waals surface area contributed by atoms with Gasteiger partial charge in [0, 0.05) is 31.5 Å². The van der Waals surface area contributed by atoms with Crippen LogP contribution in [0.4, 0.5) is 11.5 Å². The number of aromatic nitrogens is 3. The molecule has 9 nitrogen and oxygen atoms in total. The molecule has 1 aromatic carbocycles. The van der Waals surface area contributed by atoms with Crippen LogP contribution < -0.4 is 10.2 Å². The molecule has 1 saturated heterocycles. The Morgan fingerprint density at radius 2 is 1.97 bits per heavy atom. The summed E-state index contributed by atoms with van der Waals surface area (Å²) in [7, 11) is 0. The molecule has 3 aromatic rings. The van der Waals surface area contributed by atoms with Crippen LogP contribution in [-0.4, -0.2) is 44.9 Å². The van der Waals surface area contributed by atoms with Crippen LogP contribution in [0.2, 0.25) is 5.15 Å². The average molecular weight is 465 g/mol. The van der Waals surface area contributed by atoms with E-state index in [9.17, 15) is 20.0 Å². The van der Waals surface area contributed by atoms with E-state index in [1.807, 2.05) is 30.9 Å². The first kappa shape index (κ1) is 22.4. The lowest BCUT2D eigenvalue weighted by Crippen LogP contribution is -2.35. The van der Waals surface area contributed by atoms with Crippen molar-refractivity contribution in [2.24, 2.45) is 0 Å². The number of nitriles is 1. The van der Waals surface area contributed by atoms with Crippen molar-refractivity contribution in [3.63, 3.8) is 0 Å². The molecular formula is C23H21ClN6O3. The van der Waals surface area contributed by atoms with Gasteiger partial charge in [-0.1, -0.05) is 17.7 Å². The minimum atomic E-state index is -1.19. The molecule has 1 aliphatic heterocycles. The Morgan fingerprint density at radius 1 is 1.24 bits per heavy atom. The molecule has 0 spiro atoms. The van der Waals surface area contributed by atoms with Gasteiger partial charge in [0.05, 0.1) is 22.8 Å². The predicted molar refractivity (Wildman–Crippen MR) is 124 cm³/mol. The van der Waals surface area contributed by atoms with Crippen LogP contribution in [0.5, 0.6) is 0 Å². The number of fused-ring (bicyclic) bond motifs is 1. The third-order valence-corrected chi connectivity index (χ3v) is 5.76. The number of Topliss-reactive ketones (excluding diaryl/α,β-unsaturated/α-hetero) is 1. The Balaban J connectivity index is 1.79. The lowest BCUT2D eigenvalue weighted by molar-refractivity contribution is -0.119. The van der Waals surface area contributed by atoms with Crippen molar-refractivity contribution >= 4 is 45.9 Å². The van der Waals surface area contributed by atoms with Gasteiger partial charge in [-0.2, -0.15) is 5.26 Å². The quantitative estimate of drug-likeness (QED) is 0.539. The van der Waals surface area contributed by atoms with Crippen molar-refractivity contribution in [1.29, 1.82) is 5.26 Å². The highest BCUT2D eigenvalue weighted by atomic mass is 35.5. The van der Waals surface area contributed by atoms with E-state index in [1.165, 1.54) is 6.07 Å².